The first kappa shape index (κ1) is 10.6. The van der Waals surface area contributed by atoms with Gasteiger partial charge in [0.05, 0.1) is 0 Å². The van der Waals surface area contributed by atoms with E-state index in [4.69, 9.17) is 0 Å². The smallest absolute Gasteiger partial charge is 0.194 e. The van der Waals surface area contributed by atoms with Crippen molar-refractivity contribution in [2.45, 2.75) is 13.3 Å². The lowest BCUT2D eigenvalue weighted by Gasteiger charge is -2.18. The molecule has 0 spiro atoms. The second-order valence-electron chi connectivity index (χ2n) is 3.71. The van der Waals surface area contributed by atoms with E-state index < -0.39 is 0 Å². The van der Waals surface area contributed by atoms with Crippen molar-refractivity contribution in [2.24, 2.45) is 0 Å². The van der Waals surface area contributed by atoms with E-state index in [1.807, 2.05) is 6.92 Å². The topological polar surface area (TPSA) is 34.1 Å². The van der Waals surface area contributed by atoms with Gasteiger partial charge in [0.2, 0.25) is 0 Å². The zero-order chi connectivity index (χ0) is 11.7. The molecule has 0 N–H and O–H groups in total. The molecule has 80 valence electrons. The fraction of sp³-hybridized carbons (Fsp3) is 0.143. The van der Waals surface area contributed by atoms with Crippen LogP contribution in [0.1, 0.15) is 34.1 Å². The van der Waals surface area contributed by atoms with E-state index in [9.17, 15) is 9.59 Å². The third-order valence-electron chi connectivity index (χ3n) is 2.67. The van der Waals surface area contributed by atoms with Crippen molar-refractivity contribution in [2.75, 3.05) is 0 Å². The largest absolute Gasteiger partial charge is 0.289 e. The molecule has 16 heavy (non-hydrogen) atoms. The van der Waals surface area contributed by atoms with Crippen LogP contribution in [-0.2, 0) is 0 Å². The fourth-order valence-corrected chi connectivity index (χ4v) is 1.87. The molecular weight excluding hydrogens is 200 g/mol. The minimum Gasteiger partial charge on any atom is -0.289 e. The molecule has 1 aliphatic rings. The zero-order valence-corrected chi connectivity index (χ0v) is 9.12. The highest BCUT2D eigenvalue weighted by Gasteiger charge is 2.30. The van der Waals surface area contributed by atoms with Gasteiger partial charge in [0.15, 0.2) is 11.6 Å². The summed E-state index contributed by atoms with van der Waals surface area (Å²) in [6, 6.07) is 6.88. The lowest BCUT2D eigenvalue weighted by atomic mass is 9.82. The third-order valence-corrected chi connectivity index (χ3v) is 2.67. The van der Waals surface area contributed by atoms with E-state index in [2.05, 4.69) is 6.58 Å². The van der Waals surface area contributed by atoms with E-state index in [1.165, 1.54) is 0 Å². The summed E-state index contributed by atoms with van der Waals surface area (Å²) in [5.74, 6) is -0.239. The maximum absolute atomic E-state index is 12.1. The van der Waals surface area contributed by atoms with Gasteiger partial charge in [0.25, 0.3) is 0 Å². The van der Waals surface area contributed by atoms with Crippen molar-refractivity contribution in [1.29, 1.82) is 0 Å². The first-order chi connectivity index (χ1) is 7.66. The average Bonchev–Trinajstić information content (AvgIpc) is 2.32. The van der Waals surface area contributed by atoms with Crippen LogP contribution in [0.25, 0.3) is 0 Å². The Morgan fingerprint density at radius 3 is 2.25 bits per heavy atom. The predicted molar refractivity (Wildman–Crippen MR) is 62.6 cm³/mol. The summed E-state index contributed by atoms with van der Waals surface area (Å²) in [5.41, 5.74) is 1.71. The Morgan fingerprint density at radius 1 is 1.12 bits per heavy atom. The van der Waals surface area contributed by atoms with Gasteiger partial charge >= 0.3 is 0 Å². The van der Waals surface area contributed by atoms with Crippen LogP contribution in [0.5, 0.6) is 0 Å². The van der Waals surface area contributed by atoms with Gasteiger partial charge in [0, 0.05) is 22.3 Å². The number of ketones is 2. The first-order valence-electron chi connectivity index (χ1n) is 5.24. The molecular formula is C14H12O2. The molecule has 0 aliphatic heterocycles. The molecule has 0 bridgehead atoms. The lowest BCUT2D eigenvalue weighted by molar-refractivity contribution is 0.0973. The van der Waals surface area contributed by atoms with Crippen LogP contribution in [0.4, 0.5) is 0 Å². The Labute approximate surface area is 94.3 Å². The Kier molecular flexibility index (Phi) is 2.57. The molecule has 0 unspecified atom stereocenters. The van der Waals surface area contributed by atoms with E-state index in [0.717, 1.165) is 6.42 Å². The molecule has 0 saturated heterocycles. The molecule has 1 aliphatic carbocycles. The Morgan fingerprint density at radius 2 is 1.69 bits per heavy atom. The number of fused-ring (bicyclic) bond motifs is 1. The maximum Gasteiger partial charge on any atom is 0.194 e. The van der Waals surface area contributed by atoms with E-state index >= 15 is 0 Å². The number of Topliss-reactive ketones (excluding diaryl/α,β-unsaturated/α-hetero) is 2. The highest BCUT2D eigenvalue weighted by Crippen LogP contribution is 2.28. The number of rotatable bonds is 1. The predicted octanol–water partition coefficient (Wildman–Crippen LogP) is 2.96. The minimum absolute atomic E-state index is 0.0953. The molecule has 0 fully saturated rings. The van der Waals surface area contributed by atoms with Crippen molar-refractivity contribution < 1.29 is 9.59 Å². The maximum atomic E-state index is 12.1. The van der Waals surface area contributed by atoms with Gasteiger partial charge in [-0.15, -0.1) is 0 Å². The van der Waals surface area contributed by atoms with Gasteiger partial charge in [-0.05, 0) is 6.42 Å². The highest BCUT2D eigenvalue weighted by atomic mass is 16.1. The standard InChI is InChI=1S/C14H12O2/c1-3-6-10-9(2)13(15)11-7-4-5-8-12(11)14(10)16/h4-8H,2-3H2,1H3/b10-6+. The van der Waals surface area contributed by atoms with Gasteiger partial charge in [-0.1, -0.05) is 43.8 Å². The Hall–Kier alpha value is -1.96. The molecule has 0 saturated carbocycles. The molecule has 0 aromatic heterocycles. The molecule has 0 atom stereocenters. The number of hydrogen-bond acceptors (Lipinski definition) is 2. The van der Waals surface area contributed by atoms with Crippen molar-refractivity contribution in [3.63, 3.8) is 0 Å². The summed E-state index contributed by atoms with van der Waals surface area (Å²) in [6.45, 7) is 5.63. The van der Waals surface area contributed by atoms with Crippen LogP contribution in [0.3, 0.4) is 0 Å². The average molecular weight is 212 g/mol. The normalized spacial score (nSPS) is 17.8. The van der Waals surface area contributed by atoms with Crippen molar-refractivity contribution in [3.8, 4) is 0 Å². The van der Waals surface area contributed by atoms with E-state index in [-0.39, 0.29) is 11.6 Å². The van der Waals surface area contributed by atoms with Gasteiger partial charge in [-0.2, -0.15) is 0 Å². The monoisotopic (exact) mass is 212 g/mol. The van der Waals surface area contributed by atoms with E-state index in [0.29, 0.717) is 22.3 Å². The summed E-state index contributed by atoms with van der Waals surface area (Å²) in [4.78, 5) is 24.0. The second-order valence-corrected chi connectivity index (χ2v) is 3.71. The Balaban J connectivity index is 2.66. The number of hydrogen-bond donors (Lipinski definition) is 0. The van der Waals surface area contributed by atoms with Gasteiger partial charge in [0.1, 0.15) is 0 Å². The quantitative estimate of drug-likeness (QED) is 0.671. The van der Waals surface area contributed by atoms with Gasteiger partial charge in [-0.25, -0.2) is 0 Å². The molecule has 2 heteroatoms. The molecule has 2 rings (SSSR count). The number of carbonyl (C=O) groups is 2. The number of carbonyl (C=O) groups excluding carboxylic acids is 2. The summed E-state index contributed by atoms with van der Waals surface area (Å²) >= 11 is 0. The lowest BCUT2D eigenvalue weighted by Crippen LogP contribution is -2.21. The van der Waals surface area contributed by atoms with Crippen LogP contribution in [0, 0.1) is 0 Å². The summed E-state index contributed by atoms with van der Waals surface area (Å²) in [5, 5.41) is 0. The zero-order valence-electron chi connectivity index (χ0n) is 9.12. The minimum atomic E-state index is -0.144. The number of allylic oxidation sites excluding steroid dienone is 3. The number of benzene rings is 1. The van der Waals surface area contributed by atoms with Gasteiger partial charge < -0.3 is 0 Å². The van der Waals surface area contributed by atoms with Crippen LogP contribution in [0.15, 0.2) is 48.1 Å². The SMILES string of the molecule is C=C1C(=O)c2ccccc2C(=O)/C1=C/CC. The van der Waals surface area contributed by atoms with Crippen molar-refractivity contribution >= 4 is 11.6 Å². The van der Waals surface area contributed by atoms with Crippen molar-refractivity contribution in [3.05, 3.63) is 59.2 Å². The van der Waals surface area contributed by atoms with Gasteiger partial charge in [-0.3, -0.25) is 9.59 Å². The van der Waals surface area contributed by atoms with Crippen LogP contribution in [-0.4, -0.2) is 11.6 Å². The molecule has 2 nitrogen and oxygen atoms in total. The third kappa shape index (κ3) is 1.43. The van der Waals surface area contributed by atoms with E-state index in [1.54, 1.807) is 30.3 Å². The molecule has 0 amide bonds. The summed E-state index contributed by atoms with van der Waals surface area (Å²) < 4.78 is 0. The highest BCUT2D eigenvalue weighted by molar-refractivity contribution is 6.30. The molecule has 1 aromatic rings. The van der Waals surface area contributed by atoms with Crippen molar-refractivity contribution in [1.82, 2.24) is 0 Å². The molecule has 1 aromatic carbocycles. The summed E-state index contributed by atoms with van der Waals surface area (Å²) in [7, 11) is 0. The first-order valence-corrected chi connectivity index (χ1v) is 5.24. The van der Waals surface area contributed by atoms with Crippen LogP contribution < -0.4 is 0 Å². The van der Waals surface area contributed by atoms with Crippen LogP contribution in [0.2, 0.25) is 0 Å². The fourth-order valence-electron chi connectivity index (χ4n) is 1.87. The second kappa shape index (κ2) is 3.89. The summed E-state index contributed by atoms with van der Waals surface area (Å²) in [6.07, 6.45) is 2.48. The van der Waals surface area contributed by atoms with Crippen LogP contribution >= 0.6 is 0 Å². The molecule has 0 radical (unpaired) electrons. The Bertz CT molecular complexity index is 521. The molecule has 0 heterocycles.